The summed E-state index contributed by atoms with van der Waals surface area (Å²) in [4.78, 5) is 10.0. The van der Waals surface area contributed by atoms with Crippen LogP contribution in [0.5, 0.6) is 0 Å². The molecule has 1 aromatic carbocycles. The fourth-order valence-electron chi connectivity index (χ4n) is 1.81. The number of methoxy groups -OCH3 is 1. The van der Waals surface area contributed by atoms with Gasteiger partial charge in [-0.1, -0.05) is 15.9 Å². The zero-order chi connectivity index (χ0) is 16.2. The molecule has 0 saturated carbocycles. The van der Waals surface area contributed by atoms with E-state index in [1.807, 2.05) is 0 Å². The van der Waals surface area contributed by atoms with E-state index >= 15 is 0 Å². The van der Waals surface area contributed by atoms with E-state index in [0.717, 1.165) is 0 Å². The van der Waals surface area contributed by atoms with E-state index in [1.54, 1.807) is 13.8 Å². The lowest BCUT2D eigenvalue weighted by Crippen LogP contribution is -2.39. The number of rotatable bonds is 7. The van der Waals surface area contributed by atoms with Crippen molar-refractivity contribution in [3.8, 4) is 0 Å². The number of halogens is 1. The number of nitro benzene ring substituents is 1. The second kappa shape index (κ2) is 7.30. The number of nitro groups is 1. The average molecular weight is 381 g/mol. The van der Waals surface area contributed by atoms with Gasteiger partial charge in [-0.05, 0) is 26.0 Å². The van der Waals surface area contributed by atoms with E-state index in [1.165, 1.54) is 29.6 Å². The molecule has 7 nitrogen and oxygen atoms in total. The lowest BCUT2D eigenvalue weighted by atomic mass is 10.3. The fourth-order valence-corrected chi connectivity index (χ4v) is 4.13. The maximum Gasteiger partial charge on any atom is 0.289 e. The van der Waals surface area contributed by atoms with Gasteiger partial charge in [0.1, 0.15) is 0 Å². The molecule has 0 N–H and O–H groups in total. The minimum absolute atomic E-state index is 0.125. The van der Waals surface area contributed by atoms with E-state index in [0.29, 0.717) is 4.47 Å². The Hall–Kier alpha value is -1.03. The Morgan fingerprint density at radius 3 is 2.52 bits per heavy atom. The van der Waals surface area contributed by atoms with Crippen molar-refractivity contribution >= 4 is 31.6 Å². The number of ether oxygens (including phenoxy) is 1. The highest BCUT2D eigenvalue weighted by Crippen LogP contribution is 2.30. The quantitative estimate of drug-likeness (QED) is 0.535. The molecule has 0 aliphatic heterocycles. The van der Waals surface area contributed by atoms with Crippen LogP contribution >= 0.6 is 15.9 Å². The topological polar surface area (TPSA) is 89.8 Å². The fraction of sp³-hybridized carbons (Fsp3) is 0.500. The van der Waals surface area contributed by atoms with Crippen molar-refractivity contribution in [2.75, 3.05) is 20.3 Å². The number of nitrogens with zero attached hydrogens (tertiary/aromatic N) is 2. The monoisotopic (exact) mass is 380 g/mol. The van der Waals surface area contributed by atoms with Gasteiger partial charge in [-0.15, -0.1) is 0 Å². The smallest absolute Gasteiger partial charge is 0.289 e. The highest BCUT2D eigenvalue weighted by atomic mass is 79.9. The lowest BCUT2D eigenvalue weighted by Gasteiger charge is -2.25. The third-order valence-corrected chi connectivity index (χ3v) is 5.39. The molecule has 0 atom stereocenters. The van der Waals surface area contributed by atoms with Crippen molar-refractivity contribution in [1.29, 1.82) is 0 Å². The number of hydrogen-bond acceptors (Lipinski definition) is 5. The lowest BCUT2D eigenvalue weighted by molar-refractivity contribution is -0.387. The Kier molecular flexibility index (Phi) is 6.26. The van der Waals surface area contributed by atoms with Crippen LogP contribution in [0.4, 0.5) is 5.69 Å². The van der Waals surface area contributed by atoms with Crippen molar-refractivity contribution in [2.24, 2.45) is 0 Å². The number of sulfonamides is 1. The molecule has 1 aromatic rings. The molecule has 21 heavy (non-hydrogen) atoms. The third-order valence-electron chi connectivity index (χ3n) is 2.80. The summed E-state index contributed by atoms with van der Waals surface area (Å²) in [7, 11) is -2.52. The van der Waals surface area contributed by atoms with Gasteiger partial charge in [-0.2, -0.15) is 4.31 Å². The van der Waals surface area contributed by atoms with Crippen LogP contribution in [0.1, 0.15) is 13.8 Å². The van der Waals surface area contributed by atoms with Crippen molar-refractivity contribution in [2.45, 2.75) is 24.8 Å². The van der Waals surface area contributed by atoms with Crippen molar-refractivity contribution in [3.63, 3.8) is 0 Å². The molecular weight excluding hydrogens is 364 g/mol. The first-order valence-electron chi connectivity index (χ1n) is 6.16. The van der Waals surface area contributed by atoms with E-state index in [9.17, 15) is 18.5 Å². The molecule has 0 heterocycles. The molecule has 9 heteroatoms. The van der Waals surface area contributed by atoms with Crippen LogP contribution in [0.2, 0.25) is 0 Å². The predicted molar refractivity (Wildman–Crippen MR) is 81.7 cm³/mol. The van der Waals surface area contributed by atoms with Crippen LogP contribution in [0.25, 0.3) is 0 Å². The Labute approximate surface area is 132 Å². The predicted octanol–water partition coefficient (Wildman–Crippen LogP) is 2.40. The van der Waals surface area contributed by atoms with Gasteiger partial charge in [0.05, 0.1) is 11.5 Å². The Balaban J connectivity index is 3.40. The average Bonchev–Trinajstić information content (AvgIpc) is 2.38. The summed E-state index contributed by atoms with van der Waals surface area (Å²) in [5, 5.41) is 11.1. The van der Waals surface area contributed by atoms with Crippen LogP contribution in [0.3, 0.4) is 0 Å². The van der Waals surface area contributed by atoms with Gasteiger partial charge < -0.3 is 4.74 Å². The van der Waals surface area contributed by atoms with Gasteiger partial charge in [0.2, 0.25) is 10.0 Å². The molecule has 0 aliphatic rings. The normalized spacial score (nSPS) is 12.1. The van der Waals surface area contributed by atoms with E-state index in [-0.39, 0.29) is 24.1 Å². The minimum atomic E-state index is -3.99. The summed E-state index contributed by atoms with van der Waals surface area (Å²) in [6.07, 6.45) is 0. The van der Waals surface area contributed by atoms with Gasteiger partial charge in [-0.25, -0.2) is 8.42 Å². The molecule has 0 unspecified atom stereocenters. The van der Waals surface area contributed by atoms with E-state index in [4.69, 9.17) is 4.74 Å². The number of hydrogen-bond donors (Lipinski definition) is 0. The highest BCUT2D eigenvalue weighted by Gasteiger charge is 2.33. The standard InChI is InChI=1S/C12H17BrN2O5S/c1-9(2)14(6-7-20-3)21(18,19)12-8-10(13)4-5-11(12)15(16)17/h4-5,8-9H,6-7H2,1-3H3. The van der Waals surface area contributed by atoms with Crippen molar-refractivity contribution in [3.05, 3.63) is 32.8 Å². The molecule has 1 rings (SSSR count). The third kappa shape index (κ3) is 4.22. The van der Waals surface area contributed by atoms with Gasteiger partial charge in [0.25, 0.3) is 5.69 Å². The molecule has 0 aliphatic carbocycles. The van der Waals surface area contributed by atoms with Crippen LogP contribution in [-0.4, -0.2) is 43.9 Å². The zero-order valence-electron chi connectivity index (χ0n) is 11.9. The second-order valence-corrected chi connectivity index (χ2v) is 7.35. The van der Waals surface area contributed by atoms with Crippen LogP contribution in [0, 0.1) is 10.1 Å². The maximum atomic E-state index is 12.7. The molecule has 0 aromatic heterocycles. The molecule has 118 valence electrons. The van der Waals surface area contributed by atoms with Gasteiger partial charge >= 0.3 is 0 Å². The van der Waals surface area contributed by atoms with Gasteiger partial charge in [0.15, 0.2) is 4.90 Å². The first-order chi connectivity index (χ1) is 9.71. The molecular formula is C12H17BrN2O5S. The molecule has 0 spiro atoms. The Bertz CT molecular complexity index is 618. The summed E-state index contributed by atoms with van der Waals surface area (Å²) in [5.41, 5.74) is -0.443. The molecule has 0 radical (unpaired) electrons. The summed E-state index contributed by atoms with van der Waals surface area (Å²) < 4.78 is 32.0. The highest BCUT2D eigenvalue weighted by molar-refractivity contribution is 9.10. The summed E-state index contributed by atoms with van der Waals surface area (Å²) in [6, 6.07) is 3.51. The zero-order valence-corrected chi connectivity index (χ0v) is 14.3. The van der Waals surface area contributed by atoms with Crippen LogP contribution < -0.4 is 0 Å². The molecule has 0 bridgehead atoms. The van der Waals surface area contributed by atoms with Gasteiger partial charge in [0, 0.05) is 30.2 Å². The second-order valence-electron chi connectivity index (χ2n) is 4.57. The SMILES string of the molecule is COCCN(C(C)C)S(=O)(=O)c1cc(Br)ccc1[N+](=O)[O-]. The molecule has 0 amide bonds. The first-order valence-corrected chi connectivity index (χ1v) is 8.39. The molecule has 0 saturated heterocycles. The Morgan fingerprint density at radius 1 is 1.43 bits per heavy atom. The molecule has 0 fully saturated rings. The summed E-state index contributed by atoms with van der Waals surface area (Å²) >= 11 is 3.15. The summed E-state index contributed by atoms with van der Waals surface area (Å²) in [5.74, 6) is 0. The van der Waals surface area contributed by atoms with Crippen molar-refractivity contribution < 1.29 is 18.1 Å². The Morgan fingerprint density at radius 2 is 2.05 bits per heavy atom. The first kappa shape index (κ1) is 18.0. The summed E-state index contributed by atoms with van der Waals surface area (Å²) in [6.45, 7) is 3.74. The largest absolute Gasteiger partial charge is 0.383 e. The van der Waals surface area contributed by atoms with Crippen molar-refractivity contribution in [1.82, 2.24) is 4.31 Å². The van der Waals surface area contributed by atoms with E-state index in [2.05, 4.69) is 15.9 Å². The maximum absolute atomic E-state index is 12.7. The van der Waals surface area contributed by atoms with Gasteiger partial charge in [-0.3, -0.25) is 10.1 Å². The van der Waals surface area contributed by atoms with Crippen LogP contribution in [0.15, 0.2) is 27.6 Å². The van der Waals surface area contributed by atoms with E-state index < -0.39 is 20.6 Å². The minimum Gasteiger partial charge on any atom is -0.383 e. The number of benzene rings is 1. The van der Waals surface area contributed by atoms with Crippen LogP contribution in [-0.2, 0) is 14.8 Å².